The number of nitrogens with zero attached hydrogens (tertiary/aromatic N) is 3. The number of amides is 1. The molecule has 1 aliphatic rings. The smallest absolute Gasteiger partial charge is 0.362 e. The normalized spacial score (nSPS) is 19.3. The fourth-order valence-corrected chi connectivity index (χ4v) is 3.60. The molecule has 1 heterocycles. The van der Waals surface area contributed by atoms with E-state index >= 15 is 0 Å². The first-order chi connectivity index (χ1) is 14.1. The van der Waals surface area contributed by atoms with E-state index in [2.05, 4.69) is 20.6 Å². The largest absolute Gasteiger partial charge is 0.416 e. The predicted molar refractivity (Wildman–Crippen MR) is 110 cm³/mol. The lowest BCUT2D eigenvalue weighted by Gasteiger charge is -2.30. The van der Waals surface area contributed by atoms with Gasteiger partial charge >= 0.3 is 6.18 Å². The standard InChI is InChI=1S/C21H26F3N5O/c1-13-12-25-20(28-18(13)29(2)3)27-17-10-8-16(9-11-17)26-19(30)14-4-6-15(7-5-14)21(22,23)24/h4-7,12,16-17H,8-11H2,1-3H3,(H,26,30)(H,25,27,28). The van der Waals surface area contributed by atoms with E-state index in [1.54, 1.807) is 6.20 Å². The summed E-state index contributed by atoms with van der Waals surface area (Å²) in [5.74, 6) is 1.10. The van der Waals surface area contributed by atoms with E-state index in [-0.39, 0.29) is 23.6 Å². The van der Waals surface area contributed by atoms with E-state index in [1.807, 2.05) is 25.9 Å². The summed E-state index contributed by atoms with van der Waals surface area (Å²) in [7, 11) is 3.87. The maximum atomic E-state index is 12.6. The van der Waals surface area contributed by atoms with Crippen LogP contribution in [-0.4, -0.2) is 42.1 Å². The van der Waals surface area contributed by atoms with Gasteiger partial charge in [-0.05, 0) is 56.9 Å². The van der Waals surface area contributed by atoms with Crippen molar-refractivity contribution in [3.05, 3.63) is 47.2 Å². The Kier molecular flexibility index (Phi) is 6.48. The number of halogens is 3. The summed E-state index contributed by atoms with van der Waals surface area (Å²) in [4.78, 5) is 23.2. The average molecular weight is 421 g/mol. The Morgan fingerprint density at radius 1 is 1.07 bits per heavy atom. The Bertz CT molecular complexity index is 875. The van der Waals surface area contributed by atoms with Crippen molar-refractivity contribution in [3.63, 3.8) is 0 Å². The second kappa shape index (κ2) is 8.89. The van der Waals surface area contributed by atoms with Crippen LogP contribution in [0.3, 0.4) is 0 Å². The summed E-state index contributed by atoms with van der Waals surface area (Å²) in [5.41, 5.74) is 0.467. The van der Waals surface area contributed by atoms with E-state index in [1.165, 1.54) is 12.1 Å². The first-order valence-corrected chi connectivity index (χ1v) is 9.89. The zero-order chi connectivity index (χ0) is 21.9. The third kappa shape index (κ3) is 5.40. The molecular formula is C21H26F3N5O. The molecule has 1 aromatic carbocycles. The Morgan fingerprint density at radius 3 is 2.23 bits per heavy atom. The molecule has 0 radical (unpaired) electrons. The molecule has 1 aliphatic carbocycles. The third-order valence-electron chi connectivity index (χ3n) is 5.24. The SMILES string of the molecule is Cc1cnc(NC2CCC(NC(=O)c3ccc(C(F)(F)F)cc3)CC2)nc1N(C)C. The van der Waals surface area contributed by atoms with Crippen molar-refractivity contribution in [2.24, 2.45) is 0 Å². The lowest BCUT2D eigenvalue weighted by atomic mass is 9.91. The van der Waals surface area contributed by atoms with Gasteiger partial charge in [0.1, 0.15) is 5.82 Å². The fraction of sp³-hybridized carbons (Fsp3) is 0.476. The number of carbonyl (C=O) groups is 1. The van der Waals surface area contributed by atoms with Crippen LogP contribution in [0.15, 0.2) is 30.5 Å². The second-order valence-electron chi connectivity index (χ2n) is 7.84. The number of anilines is 2. The minimum absolute atomic E-state index is 0.00545. The lowest BCUT2D eigenvalue weighted by Crippen LogP contribution is -2.40. The molecule has 0 unspecified atom stereocenters. The van der Waals surface area contributed by atoms with E-state index in [4.69, 9.17) is 0 Å². The summed E-state index contributed by atoms with van der Waals surface area (Å²) in [5, 5.41) is 6.28. The average Bonchev–Trinajstić information content (AvgIpc) is 2.70. The van der Waals surface area contributed by atoms with Gasteiger partial charge in [0.25, 0.3) is 5.91 Å². The van der Waals surface area contributed by atoms with Crippen molar-refractivity contribution in [1.82, 2.24) is 15.3 Å². The highest BCUT2D eigenvalue weighted by molar-refractivity contribution is 5.94. The number of nitrogens with one attached hydrogen (secondary N) is 2. The third-order valence-corrected chi connectivity index (χ3v) is 5.24. The van der Waals surface area contributed by atoms with Gasteiger partial charge in [0.2, 0.25) is 5.95 Å². The molecule has 0 saturated heterocycles. The summed E-state index contributed by atoms with van der Waals surface area (Å²) in [6, 6.07) is 4.49. The molecular weight excluding hydrogens is 395 g/mol. The molecule has 1 aromatic heterocycles. The molecule has 2 aromatic rings. The highest BCUT2D eigenvalue weighted by Crippen LogP contribution is 2.29. The number of benzene rings is 1. The van der Waals surface area contributed by atoms with Gasteiger partial charge in [-0.1, -0.05) is 0 Å². The monoisotopic (exact) mass is 421 g/mol. The summed E-state index contributed by atoms with van der Waals surface area (Å²) in [6.07, 6.45) is 0.612. The van der Waals surface area contributed by atoms with Gasteiger partial charge in [0.15, 0.2) is 0 Å². The van der Waals surface area contributed by atoms with Gasteiger partial charge in [-0.3, -0.25) is 4.79 Å². The van der Waals surface area contributed by atoms with Crippen LogP contribution >= 0.6 is 0 Å². The van der Waals surface area contributed by atoms with Crippen molar-refractivity contribution in [2.45, 2.75) is 50.9 Å². The number of rotatable bonds is 5. The first kappa shape index (κ1) is 21.9. The highest BCUT2D eigenvalue weighted by atomic mass is 19.4. The summed E-state index contributed by atoms with van der Waals surface area (Å²) in [6.45, 7) is 1.96. The van der Waals surface area contributed by atoms with Crippen LogP contribution in [0.25, 0.3) is 0 Å². The Balaban J connectivity index is 1.51. The predicted octanol–water partition coefficient (Wildman–Crippen LogP) is 4.02. The summed E-state index contributed by atoms with van der Waals surface area (Å²) >= 11 is 0. The molecule has 1 saturated carbocycles. The van der Waals surface area contributed by atoms with Crippen molar-refractivity contribution in [1.29, 1.82) is 0 Å². The minimum Gasteiger partial charge on any atom is -0.362 e. The van der Waals surface area contributed by atoms with Gasteiger partial charge < -0.3 is 15.5 Å². The number of aryl methyl sites for hydroxylation is 1. The fourth-order valence-electron chi connectivity index (χ4n) is 3.60. The number of carbonyl (C=O) groups excluding carboxylic acids is 1. The van der Waals surface area contributed by atoms with E-state index in [9.17, 15) is 18.0 Å². The molecule has 1 fully saturated rings. The molecule has 2 N–H and O–H groups in total. The van der Waals surface area contributed by atoms with Crippen molar-refractivity contribution in [3.8, 4) is 0 Å². The molecule has 0 aliphatic heterocycles. The van der Waals surface area contributed by atoms with Gasteiger partial charge in [-0.2, -0.15) is 18.2 Å². The van der Waals surface area contributed by atoms with Crippen molar-refractivity contribution >= 4 is 17.7 Å². The van der Waals surface area contributed by atoms with E-state index in [0.717, 1.165) is 49.2 Å². The topological polar surface area (TPSA) is 70.1 Å². The zero-order valence-electron chi connectivity index (χ0n) is 17.3. The van der Waals surface area contributed by atoms with Gasteiger partial charge in [0.05, 0.1) is 5.56 Å². The Morgan fingerprint density at radius 2 is 1.67 bits per heavy atom. The summed E-state index contributed by atoms with van der Waals surface area (Å²) < 4.78 is 37.9. The van der Waals surface area contributed by atoms with Gasteiger partial charge in [-0.15, -0.1) is 0 Å². The number of alkyl halides is 3. The van der Waals surface area contributed by atoms with Crippen LogP contribution in [0.1, 0.15) is 47.2 Å². The highest BCUT2D eigenvalue weighted by Gasteiger charge is 2.30. The van der Waals surface area contributed by atoms with Crippen molar-refractivity contribution < 1.29 is 18.0 Å². The number of aromatic nitrogens is 2. The molecule has 1 amide bonds. The molecule has 9 heteroatoms. The van der Waals surface area contributed by atoms with Crippen LogP contribution in [0.5, 0.6) is 0 Å². The molecule has 0 spiro atoms. The molecule has 162 valence electrons. The van der Waals surface area contributed by atoms with Gasteiger partial charge in [-0.25, -0.2) is 4.98 Å². The van der Waals surface area contributed by atoms with Crippen LogP contribution in [0.2, 0.25) is 0 Å². The maximum absolute atomic E-state index is 12.6. The molecule has 3 rings (SSSR count). The maximum Gasteiger partial charge on any atom is 0.416 e. The molecule has 0 atom stereocenters. The zero-order valence-corrected chi connectivity index (χ0v) is 17.3. The van der Waals surface area contributed by atoms with Crippen LogP contribution in [-0.2, 0) is 6.18 Å². The Hall–Kier alpha value is -2.84. The number of hydrogen-bond acceptors (Lipinski definition) is 5. The molecule has 30 heavy (non-hydrogen) atoms. The molecule has 0 bridgehead atoms. The molecule has 6 nitrogen and oxygen atoms in total. The second-order valence-corrected chi connectivity index (χ2v) is 7.84. The Labute approximate surface area is 173 Å². The van der Waals surface area contributed by atoms with Crippen LogP contribution in [0.4, 0.5) is 24.9 Å². The van der Waals surface area contributed by atoms with Gasteiger partial charge in [0, 0.05) is 43.5 Å². The van der Waals surface area contributed by atoms with E-state index < -0.39 is 11.7 Å². The van der Waals surface area contributed by atoms with Crippen LogP contribution < -0.4 is 15.5 Å². The van der Waals surface area contributed by atoms with Crippen LogP contribution in [0, 0.1) is 6.92 Å². The minimum atomic E-state index is -4.41. The number of hydrogen-bond donors (Lipinski definition) is 2. The quantitative estimate of drug-likeness (QED) is 0.763. The lowest BCUT2D eigenvalue weighted by molar-refractivity contribution is -0.137. The van der Waals surface area contributed by atoms with E-state index in [0.29, 0.717) is 5.95 Å². The first-order valence-electron chi connectivity index (χ1n) is 9.89. The van der Waals surface area contributed by atoms with Crippen molar-refractivity contribution in [2.75, 3.05) is 24.3 Å².